The summed E-state index contributed by atoms with van der Waals surface area (Å²) < 4.78 is 8.31. The first-order valence-electron chi connectivity index (χ1n) is 9.97. The Balaban J connectivity index is 1.63. The molecule has 0 saturated carbocycles. The van der Waals surface area contributed by atoms with Crippen LogP contribution in [0.1, 0.15) is 29.0 Å². The van der Waals surface area contributed by atoms with Crippen molar-refractivity contribution in [1.29, 1.82) is 0 Å². The van der Waals surface area contributed by atoms with E-state index in [0.717, 1.165) is 29.8 Å². The van der Waals surface area contributed by atoms with Crippen LogP contribution in [0.5, 0.6) is 5.75 Å². The van der Waals surface area contributed by atoms with E-state index in [2.05, 4.69) is 33.8 Å². The van der Waals surface area contributed by atoms with Gasteiger partial charge >= 0.3 is 0 Å². The van der Waals surface area contributed by atoms with Gasteiger partial charge in [0.1, 0.15) is 12.4 Å². The maximum Gasteiger partial charge on any atom is 0.123 e. The highest BCUT2D eigenvalue weighted by Crippen LogP contribution is 2.37. The Hall–Kier alpha value is -2.46. The molecule has 0 fully saturated rings. The van der Waals surface area contributed by atoms with Crippen LogP contribution in [0.25, 0.3) is 0 Å². The van der Waals surface area contributed by atoms with Gasteiger partial charge in [0, 0.05) is 35.4 Å². The van der Waals surface area contributed by atoms with Gasteiger partial charge in [0.05, 0.1) is 16.4 Å². The molecule has 4 aromatic rings. The summed E-state index contributed by atoms with van der Waals surface area (Å²) >= 11 is 18.6. The first-order chi connectivity index (χ1) is 15.1. The molecule has 158 valence electrons. The largest absolute Gasteiger partial charge is 0.489 e. The molecule has 0 radical (unpaired) electrons. The quantitative estimate of drug-likeness (QED) is 0.264. The third kappa shape index (κ3) is 5.62. The molecule has 1 atom stereocenters. The standard InChI is InChI=1S/C25H21Cl3N2O/c26-20-7-9-25(31-16-18-6-8-23(27)24(28)14-18)22(15-20)21(19-4-2-1-3-5-19)10-12-30-13-11-29-17-30/h1-9,11,13-15,17,21H,10,12,16H2. The number of benzene rings is 3. The molecule has 1 heterocycles. The summed E-state index contributed by atoms with van der Waals surface area (Å²) in [6.45, 7) is 1.22. The molecule has 0 saturated heterocycles. The molecule has 0 bridgehead atoms. The molecule has 31 heavy (non-hydrogen) atoms. The lowest BCUT2D eigenvalue weighted by molar-refractivity contribution is 0.301. The Morgan fingerprint density at radius 2 is 1.74 bits per heavy atom. The Kier molecular flexibility index (Phi) is 7.18. The van der Waals surface area contributed by atoms with E-state index < -0.39 is 0 Å². The van der Waals surface area contributed by atoms with Gasteiger partial charge in [0.15, 0.2) is 0 Å². The molecular formula is C25H21Cl3N2O. The third-order valence-corrected chi connectivity index (χ3v) is 6.14. The average molecular weight is 472 g/mol. The molecule has 3 nitrogen and oxygen atoms in total. The van der Waals surface area contributed by atoms with Crippen LogP contribution in [0.15, 0.2) is 85.5 Å². The van der Waals surface area contributed by atoms with Crippen molar-refractivity contribution in [2.45, 2.75) is 25.5 Å². The van der Waals surface area contributed by atoms with Crippen LogP contribution in [0.2, 0.25) is 15.1 Å². The third-order valence-electron chi connectivity index (χ3n) is 5.16. The second-order valence-corrected chi connectivity index (χ2v) is 8.52. The Bertz CT molecular complexity index is 1130. The van der Waals surface area contributed by atoms with Crippen LogP contribution in [0.3, 0.4) is 0 Å². The van der Waals surface area contributed by atoms with Gasteiger partial charge in [-0.25, -0.2) is 4.98 Å². The van der Waals surface area contributed by atoms with Crippen LogP contribution < -0.4 is 4.74 Å². The summed E-state index contributed by atoms with van der Waals surface area (Å²) in [5, 5.41) is 1.73. The van der Waals surface area contributed by atoms with E-state index in [-0.39, 0.29) is 5.92 Å². The summed E-state index contributed by atoms with van der Waals surface area (Å²) in [6.07, 6.45) is 6.48. The summed E-state index contributed by atoms with van der Waals surface area (Å²) in [5.41, 5.74) is 3.22. The molecule has 1 unspecified atom stereocenters. The first-order valence-corrected chi connectivity index (χ1v) is 11.1. The minimum Gasteiger partial charge on any atom is -0.489 e. The maximum atomic E-state index is 6.40. The van der Waals surface area contributed by atoms with Gasteiger partial charge in [-0.3, -0.25) is 0 Å². The number of nitrogens with zero attached hydrogens (tertiary/aromatic N) is 2. The van der Waals surface area contributed by atoms with Crippen LogP contribution in [-0.4, -0.2) is 9.55 Å². The van der Waals surface area contributed by atoms with E-state index in [0.29, 0.717) is 21.7 Å². The minimum absolute atomic E-state index is 0.117. The number of ether oxygens (including phenoxy) is 1. The summed E-state index contributed by atoms with van der Waals surface area (Å²) in [4.78, 5) is 4.15. The zero-order valence-electron chi connectivity index (χ0n) is 16.7. The topological polar surface area (TPSA) is 27.1 Å². The van der Waals surface area contributed by atoms with Gasteiger partial charge in [0.2, 0.25) is 0 Å². The lowest BCUT2D eigenvalue weighted by Gasteiger charge is -2.22. The Morgan fingerprint density at radius 1 is 0.903 bits per heavy atom. The second kappa shape index (κ2) is 10.2. The van der Waals surface area contributed by atoms with Gasteiger partial charge in [-0.05, 0) is 47.9 Å². The van der Waals surface area contributed by atoms with E-state index in [1.54, 1.807) is 12.3 Å². The number of aryl methyl sites for hydroxylation is 1. The molecule has 0 N–H and O–H groups in total. The zero-order valence-corrected chi connectivity index (χ0v) is 19.0. The maximum absolute atomic E-state index is 6.40. The van der Waals surface area contributed by atoms with Crippen molar-refractivity contribution in [1.82, 2.24) is 9.55 Å². The van der Waals surface area contributed by atoms with Crippen LogP contribution in [0.4, 0.5) is 0 Å². The fourth-order valence-electron chi connectivity index (χ4n) is 3.60. The lowest BCUT2D eigenvalue weighted by atomic mass is 9.88. The zero-order chi connectivity index (χ0) is 21.6. The first kappa shape index (κ1) is 21.8. The van der Waals surface area contributed by atoms with E-state index >= 15 is 0 Å². The fourth-order valence-corrected chi connectivity index (χ4v) is 4.10. The highest BCUT2D eigenvalue weighted by molar-refractivity contribution is 6.42. The van der Waals surface area contributed by atoms with Crippen LogP contribution in [0, 0.1) is 0 Å². The van der Waals surface area contributed by atoms with Gasteiger partial charge < -0.3 is 9.30 Å². The molecule has 0 spiro atoms. The number of aromatic nitrogens is 2. The summed E-state index contributed by atoms with van der Waals surface area (Å²) in [5.74, 6) is 0.918. The fraction of sp³-hybridized carbons (Fsp3) is 0.160. The van der Waals surface area contributed by atoms with Gasteiger partial charge in [-0.2, -0.15) is 0 Å². The molecule has 3 aromatic carbocycles. The Labute approximate surface area is 197 Å². The number of hydrogen-bond donors (Lipinski definition) is 0. The molecule has 6 heteroatoms. The minimum atomic E-state index is 0.117. The molecule has 4 rings (SSSR count). The molecule has 0 aliphatic heterocycles. The van der Waals surface area contributed by atoms with Crippen molar-refractivity contribution in [3.05, 3.63) is 117 Å². The summed E-state index contributed by atoms with van der Waals surface area (Å²) in [6, 6.07) is 21.7. The number of halogens is 3. The molecule has 0 amide bonds. The van der Waals surface area contributed by atoms with Crippen molar-refractivity contribution in [3.63, 3.8) is 0 Å². The van der Waals surface area contributed by atoms with Gasteiger partial charge in [0.25, 0.3) is 0 Å². The van der Waals surface area contributed by atoms with Crippen LogP contribution in [-0.2, 0) is 13.2 Å². The van der Waals surface area contributed by atoms with Crippen LogP contribution >= 0.6 is 34.8 Å². The highest BCUT2D eigenvalue weighted by atomic mass is 35.5. The van der Waals surface area contributed by atoms with E-state index in [4.69, 9.17) is 39.5 Å². The number of imidazole rings is 1. The van der Waals surface area contributed by atoms with Crippen molar-refractivity contribution in [3.8, 4) is 5.75 Å². The molecular weight excluding hydrogens is 451 g/mol. The predicted molar refractivity (Wildman–Crippen MR) is 127 cm³/mol. The average Bonchev–Trinajstić information content (AvgIpc) is 3.30. The highest BCUT2D eigenvalue weighted by Gasteiger charge is 2.19. The normalized spacial score (nSPS) is 12.0. The smallest absolute Gasteiger partial charge is 0.123 e. The van der Waals surface area contributed by atoms with Crippen molar-refractivity contribution in [2.75, 3.05) is 0 Å². The molecule has 1 aromatic heterocycles. The monoisotopic (exact) mass is 470 g/mol. The van der Waals surface area contributed by atoms with Gasteiger partial charge in [-0.1, -0.05) is 71.2 Å². The SMILES string of the molecule is Clc1ccc(OCc2ccc(Cl)c(Cl)c2)c(C(CCn2ccnc2)c2ccccc2)c1. The van der Waals surface area contributed by atoms with Crippen molar-refractivity contribution in [2.24, 2.45) is 0 Å². The van der Waals surface area contributed by atoms with Crippen molar-refractivity contribution >= 4 is 34.8 Å². The second-order valence-electron chi connectivity index (χ2n) is 7.27. The van der Waals surface area contributed by atoms with Crippen molar-refractivity contribution < 1.29 is 4.74 Å². The predicted octanol–water partition coefficient (Wildman–Crippen LogP) is 7.64. The van der Waals surface area contributed by atoms with E-state index in [9.17, 15) is 0 Å². The molecule has 0 aliphatic carbocycles. The lowest BCUT2D eigenvalue weighted by Crippen LogP contribution is -2.08. The number of hydrogen-bond acceptors (Lipinski definition) is 2. The van der Waals surface area contributed by atoms with Gasteiger partial charge in [-0.15, -0.1) is 0 Å². The summed E-state index contributed by atoms with van der Waals surface area (Å²) in [7, 11) is 0. The molecule has 0 aliphatic rings. The number of rotatable bonds is 8. The van der Waals surface area contributed by atoms with E-state index in [1.807, 2.05) is 48.9 Å². The van der Waals surface area contributed by atoms with E-state index in [1.165, 1.54) is 5.56 Å². The Morgan fingerprint density at radius 3 is 2.48 bits per heavy atom.